The van der Waals surface area contributed by atoms with Crippen molar-refractivity contribution in [2.75, 3.05) is 19.6 Å². The predicted molar refractivity (Wildman–Crippen MR) is 205 cm³/mol. The van der Waals surface area contributed by atoms with E-state index >= 15 is 0 Å². The first-order valence-electron chi connectivity index (χ1n) is 19.1. The number of thiophene rings is 1. The van der Waals surface area contributed by atoms with Crippen LogP contribution in [0.25, 0.3) is 0 Å². The third kappa shape index (κ3) is 10.3. The molecule has 4 N–H and O–H groups in total. The summed E-state index contributed by atoms with van der Waals surface area (Å²) in [7, 11) is -3.68. The summed E-state index contributed by atoms with van der Waals surface area (Å²) in [6.45, 7) is 16.0. The molecule has 53 heavy (non-hydrogen) atoms. The molecule has 0 bridgehead atoms. The molecule has 1 saturated heterocycles. The van der Waals surface area contributed by atoms with Gasteiger partial charge in [0.25, 0.3) is 5.91 Å². The van der Waals surface area contributed by atoms with E-state index in [9.17, 15) is 32.4 Å². The Bertz CT molecular complexity index is 1610. The molecule has 5 amide bonds. The number of carbonyl (C=O) groups is 5. The van der Waals surface area contributed by atoms with Crippen LogP contribution < -0.4 is 21.3 Å². The number of fused-ring (bicyclic) bond motifs is 1. The minimum atomic E-state index is -3.68. The predicted octanol–water partition coefficient (Wildman–Crippen LogP) is 4.48. The van der Waals surface area contributed by atoms with Crippen molar-refractivity contribution in [2.24, 2.45) is 17.3 Å². The second kappa shape index (κ2) is 17.9. The Kier molecular flexibility index (Phi) is 14.3. The minimum Gasteiger partial charge on any atom is -0.346 e. The van der Waals surface area contributed by atoms with Gasteiger partial charge in [-0.05, 0) is 60.8 Å². The Morgan fingerprint density at radius 1 is 1.08 bits per heavy atom. The largest absolute Gasteiger partial charge is 0.346 e. The lowest BCUT2D eigenvalue weighted by Gasteiger charge is -2.41. The van der Waals surface area contributed by atoms with Gasteiger partial charge >= 0.3 is 6.03 Å². The Hall–Kier alpha value is -3.30. The molecule has 3 aliphatic rings. The number of likely N-dealkylation sites (tertiary alicyclic amines) is 1. The topological polar surface area (TPSA) is 174 Å². The van der Waals surface area contributed by atoms with Gasteiger partial charge in [0.1, 0.15) is 12.1 Å². The van der Waals surface area contributed by atoms with Crippen molar-refractivity contribution >= 4 is 50.9 Å². The molecule has 1 saturated carbocycles. The van der Waals surface area contributed by atoms with Crippen LogP contribution in [-0.4, -0.2) is 90.5 Å². The average Bonchev–Trinajstić information content (AvgIpc) is 3.80. The monoisotopic (exact) mass is 776 g/mol. The van der Waals surface area contributed by atoms with Crippen molar-refractivity contribution in [1.29, 1.82) is 0 Å². The molecule has 1 unspecified atom stereocenters. The number of Topliss-reactive ketones (excluding diaryl/α,β-unsaturated/α-hetero) is 1. The molecule has 13 nitrogen and oxygen atoms in total. The highest BCUT2D eigenvalue weighted by Crippen LogP contribution is 2.38. The van der Waals surface area contributed by atoms with Crippen LogP contribution in [0.5, 0.6) is 0 Å². The van der Waals surface area contributed by atoms with Gasteiger partial charge in [0.05, 0.1) is 16.5 Å². The smallest absolute Gasteiger partial charge is 0.315 e. The van der Waals surface area contributed by atoms with Crippen molar-refractivity contribution in [1.82, 2.24) is 30.5 Å². The van der Waals surface area contributed by atoms with E-state index in [-0.39, 0.29) is 32.0 Å². The molecule has 4 atom stereocenters. The number of hydrogen-bond donors (Lipinski definition) is 4. The zero-order chi connectivity index (χ0) is 39.1. The molecule has 4 rings (SSSR count). The summed E-state index contributed by atoms with van der Waals surface area (Å²) in [5.41, 5.74) is -1.58. The molecule has 15 heteroatoms. The van der Waals surface area contributed by atoms with Gasteiger partial charge in [0.2, 0.25) is 27.6 Å². The van der Waals surface area contributed by atoms with Crippen molar-refractivity contribution < 1.29 is 32.4 Å². The molecule has 1 aliphatic carbocycles. The maximum atomic E-state index is 14.6. The van der Waals surface area contributed by atoms with E-state index in [2.05, 4.69) is 41.7 Å². The van der Waals surface area contributed by atoms with Crippen molar-refractivity contribution in [2.45, 2.75) is 141 Å². The van der Waals surface area contributed by atoms with E-state index < -0.39 is 68.6 Å². The van der Waals surface area contributed by atoms with Crippen LogP contribution in [0.1, 0.15) is 111 Å². The number of ketones is 1. The summed E-state index contributed by atoms with van der Waals surface area (Å²) in [5, 5.41) is 13.2. The summed E-state index contributed by atoms with van der Waals surface area (Å²) >= 11 is 1.41. The van der Waals surface area contributed by atoms with Gasteiger partial charge < -0.3 is 26.2 Å². The Morgan fingerprint density at radius 3 is 2.38 bits per heavy atom. The molecule has 296 valence electrons. The summed E-state index contributed by atoms with van der Waals surface area (Å²) in [6.07, 6.45) is 8.20. The van der Waals surface area contributed by atoms with E-state index in [1.807, 2.05) is 27.7 Å². The molecular weight excluding hydrogens is 717 g/mol. The zero-order valence-corrected chi connectivity index (χ0v) is 33.9. The number of nitrogens with one attached hydrogen (secondary N) is 4. The number of sulfonamides is 1. The van der Waals surface area contributed by atoms with Crippen LogP contribution in [0, 0.1) is 17.3 Å². The third-order valence-corrected chi connectivity index (χ3v) is 13.6. The first kappa shape index (κ1) is 42.4. The van der Waals surface area contributed by atoms with Gasteiger partial charge in [-0.25, -0.2) is 13.2 Å². The Morgan fingerprint density at radius 2 is 1.77 bits per heavy atom. The average molecular weight is 777 g/mol. The molecule has 1 aromatic heterocycles. The van der Waals surface area contributed by atoms with Gasteiger partial charge in [-0.1, -0.05) is 79.7 Å². The highest BCUT2D eigenvalue weighted by atomic mass is 32.2. The van der Waals surface area contributed by atoms with Crippen LogP contribution in [0.4, 0.5) is 4.79 Å². The molecular formula is C38H60N6O7S2. The number of nitrogens with zero attached hydrogens (tertiary/aromatic N) is 2. The van der Waals surface area contributed by atoms with Gasteiger partial charge in [-0.2, -0.15) is 4.31 Å². The van der Waals surface area contributed by atoms with Gasteiger partial charge in [-0.3, -0.25) is 19.2 Å². The van der Waals surface area contributed by atoms with Gasteiger partial charge in [0.15, 0.2) is 0 Å². The lowest BCUT2D eigenvalue weighted by molar-refractivity contribution is -0.144. The van der Waals surface area contributed by atoms with E-state index in [0.29, 0.717) is 49.5 Å². The van der Waals surface area contributed by atoms with Crippen molar-refractivity contribution in [3.63, 3.8) is 0 Å². The molecule has 1 aromatic rings. The summed E-state index contributed by atoms with van der Waals surface area (Å²) in [6, 6.07) is -1.92. The highest BCUT2D eigenvalue weighted by Gasteiger charge is 2.48. The van der Waals surface area contributed by atoms with E-state index in [1.165, 1.54) is 26.6 Å². The normalized spacial score (nSPS) is 22.1. The standard InChI is InChI=1S/C38H60N6O7S2/c1-8-13-27(31(45)34(47)39-20-9-2)40-33(46)30-26(15-14-25(3)4)16-21-44(30)35(48)32(37(5,6)7)41-36(49)42-38(18-11-10-12-19-38)24-43-23-28-29(17-22-52-28)53(43,50)51/h9,17,22,25-27,30,32H,2,8,10-16,18-21,23-24H2,1,3-7H3,(H,39,47)(H,40,46)(H2,41,42,49)/t26-,27?,30-,32+/m0/s1. The second-order valence-electron chi connectivity index (χ2n) is 16.4. The van der Waals surface area contributed by atoms with E-state index in [1.54, 1.807) is 11.4 Å². The van der Waals surface area contributed by atoms with Gasteiger partial charge in [-0.15, -0.1) is 17.9 Å². The van der Waals surface area contributed by atoms with Gasteiger partial charge in [0, 0.05) is 31.1 Å². The maximum absolute atomic E-state index is 14.6. The lowest BCUT2D eigenvalue weighted by Crippen LogP contribution is -2.64. The molecule has 3 heterocycles. The number of carbonyl (C=O) groups excluding carboxylic acids is 5. The third-order valence-electron chi connectivity index (χ3n) is 10.7. The summed E-state index contributed by atoms with van der Waals surface area (Å²) < 4.78 is 28.2. The minimum absolute atomic E-state index is 0.114. The van der Waals surface area contributed by atoms with E-state index in [0.717, 1.165) is 30.6 Å². The number of urea groups is 1. The highest BCUT2D eigenvalue weighted by molar-refractivity contribution is 7.89. The van der Waals surface area contributed by atoms with Crippen LogP contribution in [0.15, 0.2) is 29.0 Å². The van der Waals surface area contributed by atoms with Crippen LogP contribution >= 0.6 is 11.3 Å². The SMILES string of the molecule is C=CCNC(=O)C(=O)C(CCC)NC(=O)[C@@H]1[C@@H](CCC(C)C)CCN1C(=O)[C@@H](NC(=O)NC1(CN2Cc3sccc3S2(=O)=O)CCCCC1)C(C)(C)C. The fourth-order valence-electron chi connectivity index (χ4n) is 7.84. The molecule has 2 aliphatic heterocycles. The summed E-state index contributed by atoms with van der Waals surface area (Å²) in [4.78, 5) is 71.1. The molecule has 0 spiro atoms. The lowest BCUT2D eigenvalue weighted by atomic mass is 9.81. The Labute approximate surface area is 319 Å². The zero-order valence-electron chi connectivity index (χ0n) is 32.3. The van der Waals surface area contributed by atoms with E-state index in [4.69, 9.17) is 0 Å². The first-order chi connectivity index (χ1) is 24.9. The summed E-state index contributed by atoms with van der Waals surface area (Å²) in [5.74, 6) is -2.28. The number of rotatable bonds is 16. The van der Waals surface area contributed by atoms with Crippen LogP contribution in [0.2, 0.25) is 0 Å². The van der Waals surface area contributed by atoms with Crippen molar-refractivity contribution in [3.05, 3.63) is 29.0 Å². The van der Waals surface area contributed by atoms with Crippen LogP contribution in [0.3, 0.4) is 0 Å². The molecule has 2 fully saturated rings. The maximum Gasteiger partial charge on any atom is 0.315 e. The fraction of sp³-hybridized carbons (Fsp3) is 0.711. The number of amides is 5. The van der Waals surface area contributed by atoms with Crippen molar-refractivity contribution in [3.8, 4) is 0 Å². The fourth-order valence-corrected chi connectivity index (χ4v) is 10.8. The first-order valence-corrected chi connectivity index (χ1v) is 21.4. The van der Waals surface area contributed by atoms with Crippen LogP contribution in [-0.2, 0) is 35.7 Å². The Balaban J connectivity index is 1.55. The molecule has 0 radical (unpaired) electrons. The quantitative estimate of drug-likeness (QED) is 0.142. The second-order valence-corrected chi connectivity index (χ2v) is 19.3. The molecule has 0 aromatic carbocycles. The number of hydrogen-bond acceptors (Lipinski definition) is 8.